The lowest BCUT2D eigenvalue weighted by Gasteiger charge is -2.32. The second-order valence-electron chi connectivity index (χ2n) is 10.1. The minimum atomic E-state index is -3.22. The number of carbonyl (C=O) groups excluding carboxylic acids is 1. The van der Waals surface area contributed by atoms with Crippen LogP contribution in [0.15, 0.2) is 41.4 Å². The zero-order valence-electron chi connectivity index (χ0n) is 20.6. The Balaban J connectivity index is 1.41. The van der Waals surface area contributed by atoms with Crippen LogP contribution in [0, 0.1) is 11.8 Å². The van der Waals surface area contributed by atoms with Gasteiger partial charge in [0, 0.05) is 25.8 Å². The molecule has 2 aliphatic rings. The fraction of sp³-hybridized carbons (Fsp3) is 0.556. The van der Waals surface area contributed by atoms with Gasteiger partial charge in [0.05, 0.1) is 27.9 Å². The van der Waals surface area contributed by atoms with Crippen LogP contribution in [0.1, 0.15) is 86.1 Å². The van der Waals surface area contributed by atoms with E-state index in [9.17, 15) is 13.2 Å². The number of sulfone groups is 1. The van der Waals surface area contributed by atoms with E-state index in [1.165, 1.54) is 32.1 Å². The summed E-state index contributed by atoms with van der Waals surface area (Å²) in [7, 11) is -3.22. The van der Waals surface area contributed by atoms with Crippen molar-refractivity contribution in [1.82, 2.24) is 15.2 Å². The number of nitrogens with one attached hydrogen (secondary N) is 1. The molecule has 1 aliphatic carbocycles. The zero-order valence-corrected chi connectivity index (χ0v) is 21.4. The number of fused-ring (bicyclic) bond motifs is 1. The van der Waals surface area contributed by atoms with Crippen LogP contribution in [0.4, 0.5) is 0 Å². The van der Waals surface area contributed by atoms with E-state index in [-0.39, 0.29) is 11.7 Å². The van der Waals surface area contributed by atoms with Gasteiger partial charge in [-0.2, -0.15) is 0 Å². The van der Waals surface area contributed by atoms with Gasteiger partial charge in [0.1, 0.15) is 0 Å². The lowest BCUT2D eigenvalue weighted by molar-refractivity contribution is 0.0950. The van der Waals surface area contributed by atoms with Gasteiger partial charge in [-0.3, -0.25) is 14.7 Å². The monoisotopic (exact) mass is 483 g/mol. The van der Waals surface area contributed by atoms with Crippen LogP contribution in [0.3, 0.4) is 0 Å². The fourth-order valence-electron chi connectivity index (χ4n) is 5.41. The first kappa shape index (κ1) is 24.9. The molecule has 0 saturated heterocycles. The first-order chi connectivity index (χ1) is 16.3. The van der Waals surface area contributed by atoms with E-state index in [1.54, 1.807) is 37.4 Å². The summed E-state index contributed by atoms with van der Waals surface area (Å²) < 4.78 is 24.0. The van der Waals surface area contributed by atoms with Crippen molar-refractivity contribution in [3.8, 4) is 0 Å². The summed E-state index contributed by atoms with van der Waals surface area (Å²) in [5.41, 5.74) is 3.72. The summed E-state index contributed by atoms with van der Waals surface area (Å²) >= 11 is 0. The topological polar surface area (TPSA) is 79.4 Å². The Morgan fingerprint density at radius 3 is 2.50 bits per heavy atom. The predicted octanol–water partition coefficient (Wildman–Crippen LogP) is 4.90. The third kappa shape index (κ3) is 5.52. The fourth-order valence-corrected chi connectivity index (χ4v) is 6.29. The number of aromatic nitrogens is 1. The Kier molecular flexibility index (Phi) is 7.73. The summed E-state index contributed by atoms with van der Waals surface area (Å²) in [5.74, 6) is 1.15. The molecule has 0 radical (unpaired) electrons. The van der Waals surface area contributed by atoms with E-state index < -0.39 is 9.84 Å². The molecule has 2 heterocycles. The molecule has 1 saturated carbocycles. The van der Waals surface area contributed by atoms with Gasteiger partial charge in [0.15, 0.2) is 9.84 Å². The highest BCUT2D eigenvalue weighted by Crippen LogP contribution is 2.39. The lowest BCUT2D eigenvalue weighted by atomic mass is 9.88. The maximum absolute atomic E-state index is 12.8. The average molecular weight is 484 g/mol. The Labute approximate surface area is 204 Å². The third-order valence-electron chi connectivity index (χ3n) is 7.28. The van der Waals surface area contributed by atoms with Crippen LogP contribution in [-0.4, -0.2) is 36.5 Å². The van der Waals surface area contributed by atoms with Crippen molar-refractivity contribution in [1.29, 1.82) is 0 Å². The maximum Gasteiger partial charge on any atom is 0.253 e. The zero-order chi connectivity index (χ0) is 24.3. The molecule has 2 aromatic rings. The molecule has 6 nitrogen and oxygen atoms in total. The number of benzene rings is 1. The summed E-state index contributed by atoms with van der Waals surface area (Å²) in [4.78, 5) is 20.5. The summed E-state index contributed by atoms with van der Waals surface area (Å²) in [5, 5.41) is 2.95. The summed E-state index contributed by atoms with van der Waals surface area (Å²) in [6.45, 7) is 8.46. The third-order valence-corrected chi connectivity index (χ3v) is 9.03. The van der Waals surface area contributed by atoms with E-state index in [0.29, 0.717) is 29.0 Å². The summed E-state index contributed by atoms with van der Waals surface area (Å²) in [6, 6.07) is 9.02. The van der Waals surface area contributed by atoms with Crippen LogP contribution < -0.4 is 5.32 Å². The number of amides is 1. The Hall–Kier alpha value is -2.25. The van der Waals surface area contributed by atoms with Crippen LogP contribution in [-0.2, 0) is 22.9 Å². The molecular formula is C27H37N3O3S. The number of hydrogen-bond acceptors (Lipinski definition) is 5. The lowest BCUT2D eigenvalue weighted by Crippen LogP contribution is -2.32. The number of hydrogen-bond donors (Lipinski definition) is 1. The standard InChI is InChI=1S/C27H37N3O3S/c1-4-34(32,33)24-12-10-20(11-13-24)15-29-27(31)22-14-23-18-30(17-21-8-6-5-7-9-21)26(19(2)3)25(23)28-16-22/h10-14,16,19,21,26H,4-9,15,17-18H2,1-3H3,(H,29,31)/t26-/m0/s1. The van der Waals surface area contributed by atoms with Gasteiger partial charge in [0.25, 0.3) is 5.91 Å². The van der Waals surface area contributed by atoms with Gasteiger partial charge in [-0.05, 0) is 54.0 Å². The van der Waals surface area contributed by atoms with Gasteiger partial charge in [-0.1, -0.05) is 52.2 Å². The molecule has 0 bridgehead atoms. The van der Waals surface area contributed by atoms with E-state index >= 15 is 0 Å². The second-order valence-corrected chi connectivity index (χ2v) is 12.4. The number of nitrogens with zero attached hydrogens (tertiary/aromatic N) is 2. The minimum absolute atomic E-state index is 0.0736. The molecule has 1 fully saturated rings. The predicted molar refractivity (Wildman–Crippen MR) is 134 cm³/mol. The first-order valence-electron chi connectivity index (χ1n) is 12.6. The molecule has 0 unspecified atom stereocenters. The Morgan fingerprint density at radius 1 is 1.15 bits per heavy atom. The average Bonchev–Trinajstić information content (AvgIpc) is 3.20. The van der Waals surface area contributed by atoms with Crippen LogP contribution in [0.25, 0.3) is 0 Å². The molecule has 1 N–H and O–H groups in total. The molecule has 0 spiro atoms. The normalized spacial score (nSPS) is 19.4. The molecule has 1 aliphatic heterocycles. The Bertz CT molecular complexity index is 1110. The molecule has 184 valence electrons. The smallest absolute Gasteiger partial charge is 0.253 e. The van der Waals surface area contributed by atoms with Gasteiger partial charge >= 0.3 is 0 Å². The van der Waals surface area contributed by atoms with Crippen molar-refractivity contribution in [3.63, 3.8) is 0 Å². The van der Waals surface area contributed by atoms with Gasteiger partial charge in [0.2, 0.25) is 0 Å². The quantitative estimate of drug-likeness (QED) is 0.578. The summed E-state index contributed by atoms with van der Waals surface area (Å²) in [6.07, 6.45) is 8.40. The minimum Gasteiger partial charge on any atom is -0.348 e. The number of pyridine rings is 1. The van der Waals surface area contributed by atoms with E-state index in [2.05, 4.69) is 24.1 Å². The van der Waals surface area contributed by atoms with E-state index in [0.717, 1.165) is 35.8 Å². The highest BCUT2D eigenvalue weighted by molar-refractivity contribution is 7.91. The highest BCUT2D eigenvalue weighted by Gasteiger charge is 2.35. The molecular weight excluding hydrogens is 446 g/mol. The molecule has 34 heavy (non-hydrogen) atoms. The van der Waals surface area contributed by atoms with Crippen molar-refractivity contribution < 1.29 is 13.2 Å². The number of carbonyl (C=O) groups is 1. The van der Waals surface area contributed by atoms with Crippen molar-refractivity contribution >= 4 is 15.7 Å². The van der Waals surface area contributed by atoms with Gasteiger partial charge < -0.3 is 5.32 Å². The largest absolute Gasteiger partial charge is 0.348 e. The molecule has 1 aromatic heterocycles. The Morgan fingerprint density at radius 2 is 1.85 bits per heavy atom. The van der Waals surface area contributed by atoms with Crippen molar-refractivity contribution in [2.75, 3.05) is 12.3 Å². The van der Waals surface area contributed by atoms with Crippen molar-refractivity contribution in [2.45, 2.75) is 76.9 Å². The van der Waals surface area contributed by atoms with Gasteiger partial charge in [-0.25, -0.2) is 8.42 Å². The molecule has 7 heteroatoms. The van der Waals surface area contributed by atoms with Crippen molar-refractivity contribution in [3.05, 3.63) is 58.9 Å². The molecule has 4 rings (SSSR count). The van der Waals surface area contributed by atoms with E-state index in [4.69, 9.17) is 4.98 Å². The highest BCUT2D eigenvalue weighted by atomic mass is 32.2. The first-order valence-corrected chi connectivity index (χ1v) is 14.3. The molecule has 1 amide bonds. The number of rotatable bonds is 8. The molecule has 1 aromatic carbocycles. The van der Waals surface area contributed by atoms with Crippen LogP contribution >= 0.6 is 0 Å². The van der Waals surface area contributed by atoms with E-state index in [1.807, 2.05) is 6.07 Å². The molecule has 1 atom stereocenters. The van der Waals surface area contributed by atoms with Crippen LogP contribution in [0.5, 0.6) is 0 Å². The second kappa shape index (κ2) is 10.6. The maximum atomic E-state index is 12.8. The van der Waals surface area contributed by atoms with Crippen molar-refractivity contribution in [2.24, 2.45) is 11.8 Å². The van der Waals surface area contributed by atoms with Crippen LogP contribution in [0.2, 0.25) is 0 Å². The van der Waals surface area contributed by atoms with Gasteiger partial charge in [-0.15, -0.1) is 0 Å². The SMILES string of the molecule is CCS(=O)(=O)c1ccc(CNC(=O)c2cnc3c(c2)CN(CC2CCCCC2)[C@H]3C(C)C)cc1.